The number of carbonyl (C=O) groups excluding carboxylic acids is 1. The molecule has 3 rings (SSSR count). The molecule has 0 saturated carbocycles. The third-order valence-corrected chi connectivity index (χ3v) is 17.5. The van der Waals surface area contributed by atoms with Crippen LogP contribution in [-0.2, 0) is 33.2 Å². The summed E-state index contributed by atoms with van der Waals surface area (Å²) < 4.78 is 34.4. The minimum atomic E-state index is -1.97. The fourth-order valence-corrected chi connectivity index (χ4v) is 11.9. The fourth-order valence-electron chi connectivity index (χ4n) is 11.9. The van der Waals surface area contributed by atoms with Crippen LogP contribution in [0.4, 0.5) is 0 Å². The maximum Gasteiger partial charge on any atom is 0.220 e. The lowest BCUT2D eigenvalue weighted by Gasteiger charge is -2.48. The first kappa shape index (κ1) is 78.5. The largest absolute Gasteiger partial charge is 0.394 e. The van der Waals surface area contributed by atoms with Gasteiger partial charge >= 0.3 is 0 Å². The molecule has 3 aliphatic rings. The minimum absolute atomic E-state index is 0.245. The average molecular weight is 1230 g/mol. The Kier molecular flexibility index (Phi) is 45.6. The number of amides is 1. The number of ether oxygens (including phenoxy) is 6. The maximum absolute atomic E-state index is 13.4. The number of aliphatic hydroxyl groups excluding tert-OH is 11. The molecule has 86 heavy (non-hydrogen) atoms. The summed E-state index contributed by atoms with van der Waals surface area (Å²) in [6.07, 6.45) is 28.2. The SMILES string of the molecule is CCCCC/C=C\C/C=C\CCCCCCCCCCCC(=O)NC(COC1OC(CO)C(OC2OC(CO)C(OC3OC(CO)C(O)C(O)C3O)C(O)C2O)C(O)C1O)C(O)CCCCCCCCCCCCCCCCCCCCCCCC. The molecule has 17 unspecified atom stereocenters. The summed E-state index contributed by atoms with van der Waals surface area (Å²) in [7, 11) is 0. The molecular formula is C67H125NO18. The molecule has 0 aliphatic carbocycles. The molecule has 3 fully saturated rings. The van der Waals surface area contributed by atoms with E-state index in [9.17, 15) is 61.0 Å². The van der Waals surface area contributed by atoms with E-state index in [0.29, 0.717) is 12.8 Å². The zero-order valence-corrected chi connectivity index (χ0v) is 53.3. The minimum Gasteiger partial charge on any atom is -0.394 e. The molecule has 0 aromatic heterocycles. The summed E-state index contributed by atoms with van der Waals surface area (Å²) in [5.74, 6) is -0.245. The van der Waals surface area contributed by atoms with Crippen LogP contribution in [0.3, 0.4) is 0 Å². The molecule has 0 radical (unpaired) electrons. The van der Waals surface area contributed by atoms with Crippen molar-refractivity contribution < 1.29 is 89.4 Å². The molecule has 3 saturated heterocycles. The summed E-state index contributed by atoms with van der Waals surface area (Å²) in [6, 6.07) is -0.889. The molecule has 3 heterocycles. The molecule has 0 spiro atoms. The first-order valence-electron chi connectivity index (χ1n) is 34.6. The zero-order valence-electron chi connectivity index (χ0n) is 53.3. The Morgan fingerprint density at radius 2 is 0.767 bits per heavy atom. The van der Waals surface area contributed by atoms with Crippen LogP contribution in [0.25, 0.3) is 0 Å². The second kappa shape index (κ2) is 49.9. The summed E-state index contributed by atoms with van der Waals surface area (Å²) in [5, 5.41) is 121. The van der Waals surface area contributed by atoms with Gasteiger partial charge in [-0.1, -0.05) is 237 Å². The predicted octanol–water partition coefficient (Wildman–Crippen LogP) is 8.66. The summed E-state index contributed by atoms with van der Waals surface area (Å²) >= 11 is 0. The van der Waals surface area contributed by atoms with Crippen molar-refractivity contribution in [1.29, 1.82) is 0 Å². The van der Waals surface area contributed by atoms with E-state index in [4.69, 9.17) is 28.4 Å². The molecule has 1 amide bonds. The van der Waals surface area contributed by atoms with Gasteiger partial charge in [0.25, 0.3) is 0 Å². The zero-order chi connectivity index (χ0) is 62.6. The highest BCUT2D eigenvalue weighted by Gasteiger charge is 2.53. The molecule has 17 atom stereocenters. The van der Waals surface area contributed by atoms with Crippen molar-refractivity contribution in [2.75, 3.05) is 26.4 Å². The number of nitrogens with one attached hydrogen (secondary N) is 1. The second-order valence-corrected chi connectivity index (χ2v) is 25.0. The fraction of sp³-hybridized carbons (Fsp3) is 0.925. The predicted molar refractivity (Wildman–Crippen MR) is 333 cm³/mol. The first-order chi connectivity index (χ1) is 41.8. The highest BCUT2D eigenvalue weighted by molar-refractivity contribution is 5.76. The van der Waals surface area contributed by atoms with Gasteiger partial charge in [0.05, 0.1) is 38.6 Å². The van der Waals surface area contributed by atoms with Crippen LogP contribution in [0, 0.1) is 0 Å². The van der Waals surface area contributed by atoms with Gasteiger partial charge in [-0.2, -0.15) is 0 Å². The van der Waals surface area contributed by atoms with Crippen LogP contribution in [0.1, 0.15) is 264 Å². The highest BCUT2D eigenvalue weighted by Crippen LogP contribution is 2.33. The van der Waals surface area contributed by atoms with Crippen LogP contribution < -0.4 is 5.32 Å². The van der Waals surface area contributed by atoms with Crippen LogP contribution in [0.2, 0.25) is 0 Å². The maximum atomic E-state index is 13.4. The van der Waals surface area contributed by atoms with Crippen molar-refractivity contribution in [2.24, 2.45) is 0 Å². The van der Waals surface area contributed by atoms with Crippen molar-refractivity contribution in [3.63, 3.8) is 0 Å². The van der Waals surface area contributed by atoms with Crippen molar-refractivity contribution in [3.05, 3.63) is 24.3 Å². The summed E-state index contributed by atoms with van der Waals surface area (Å²) in [4.78, 5) is 13.4. The average Bonchev–Trinajstić information content (AvgIpc) is 2.80. The van der Waals surface area contributed by atoms with Gasteiger partial charge in [0.1, 0.15) is 73.2 Å². The third kappa shape index (κ3) is 32.0. The molecule has 3 aliphatic heterocycles. The number of hydrogen-bond donors (Lipinski definition) is 12. The Balaban J connectivity index is 1.44. The van der Waals surface area contributed by atoms with Crippen LogP contribution in [0.5, 0.6) is 0 Å². The topological polar surface area (TPSA) is 307 Å². The molecule has 0 aromatic carbocycles. The van der Waals surface area contributed by atoms with E-state index in [-0.39, 0.29) is 18.9 Å². The molecule has 19 nitrogen and oxygen atoms in total. The Hall–Kier alpha value is -1.73. The summed E-state index contributed by atoms with van der Waals surface area (Å²) in [5.41, 5.74) is 0. The quantitative estimate of drug-likeness (QED) is 0.0200. The molecule has 12 N–H and O–H groups in total. The first-order valence-corrected chi connectivity index (χ1v) is 34.6. The standard InChI is InChI=1S/C67H125NO18/c1-3-5-7-9-11-13-15-17-19-21-23-24-25-27-28-30-32-34-36-38-40-42-44-51(72)50(68-55(73)45-43-41-39-37-35-33-31-29-26-22-20-18-16-14-12-10-8-6-4-2)49-81-65-61(79)58(76)63(53(47-70)83-65)86-67-62(80)59(77)64(54(48-71)84-67)85-66-60(78)57(75)56(74)52(46-69)82-66/h12,14,18,20,50-54,56-67,69-72,74-80H,3-11,13,15-17,19,21-49H2,1-2H3,(H,68,73)/b14-12-,20-18-. The lowest BCUT2D eigenvalue weighted by Crippen LogP contribution is -2.66. The van der Waals surface area contributed by atoms with E-state index in [1.165, 1.54) is 173 Å². The Bertz CT molecular complexity index is 1660. The van der Waals surface area contributed by atoms with E-state index in [1.807, 2.05) is 0 Å². The van der Waals surface area contributed by atoms with E-state index in [2.05, 4.69) is 43.5 Å². The van der Waals surface area contributed by atoms with Gasteiger partial charge in [-0.05, 0) is 44.9 Å². The van der Waals surface area contributed by atoms with Crippen LogP contribution >= 0.6 is 0 Å². The van der Waals surface area contributed by atoms with Gasteiger partial charge in [0.15, 0.2) is 18.9 Å². The number of rotatable bonds is 53. The molecule has 19 heteroatoms. The van der Waals surface area contributed by atoms with Gasteiger partial charge in [-0.3, -0.25) is 4.79 Å². The molecular weight excluding hydrogens is 1110 g/mol. The van der Waals surface area contributed by atoms with E-state index >= 15 is 0 Å². The smallest absolute Gasteiger partial charge is 0.220 e. The van der Waals surface area contributed by atoms with E-state index in [1.54, 1.807) is 0 Å². The van der Waals surface area contributed by atoms with Crippen LogP contribution in [0.15, 0.2) is 24.3 Å². The van der Waals surface area contributed by atoms with Gasteiger partial charge in [0, 0.05) is 6.42 Å². The van der Waals surface area contributed by atoms with E-state index < -0.39 is 124 Å². The number of aliphatic hydroxyl groups is 11. The third-order valence-electron chi connectivity index (χ3n) is 17.5. The number of carbonyl (C=O) groups is 1. The van der Waals surface area contributed by atoms with Crippen molar-refractivity contribution in [3.8, 4) is 0 Å². The second-order valence-electron chi connectivity index (χ2n) is 25.0. The molecule has 0 aromatic rings. The Labute approximate surface area is 518 Å². The monoisotopic (exact) mass is 1230 g/mol. The van der Waals surface area contributed by atoms with Gasteiger partial charge in [-0.15, -0.1) is 0 Å². The van der Waals surface area contributed by atoms with Gasteiger partial charge in [0.2, 0.25) is 5.91 Å². The summed E-state index contributed by atoms with van der Waals surface area (Å²) in [6.45, 7) is 1.80. The number of hydrogen-bond acceptors (Lipinski definition) is 18. The number of allylic oxidation sites excluding steroid dienone is 4. The molecule has 506 valence electrons. The van der Waals surface area contributed by atoms with Crippen LogP contribution in [-0.4, -0.2) is 193 Å². The van der Waals surface area contributed by atoms with Crippen molar-refractivity contribution in [1.82, 2.24) is 5.32 Å². The highest BCUT2D eigenvalue weighted by atomic mass is 16.8. The molecule has 0 bridgehead atoms. The number of unbranched alkanes of at least 4 members (excludes halogenated alkanes) is 33. The normalized spacial score (nSPS) is 28.9. The van der Waals surface area contributed by atoms with Crippen molar-refractivity contribution in [2.45, 2.75) is 369 Å². The lowest BCUT2D eigenvalue weighted by atomic mass is 9.96. The lowest BCUT2D eigenvalue weighted by molar-refractivity contribution is -0.379. The Morgan fingerprint density at radius 1 is 0.419 bits per heavy atom. The Morgan fingerprint density at radius 3 is 1.21 bits per heavy atom. The van der Waals surface area contributed by atoms with Gasteiger partial charge in [-0.25, -0.2) is 0 Å². The van der Waals surface area contributed by atoms with E-state index in [0.717, 1.165) is 57.8 Å². The van der Waals surface area contributed by atoms with Crippen molar-refractivity contribution >= 4 is 5.91 Å². The van der Waals surface area contributed by atoms with Gasteiger partial charge < -0.3 is 89.9 Å².